The van der Waals surface area contributed by atoms with Crippen molar-refractivity contribution in [2.45, 2.75) is 6.18 Å². The molecule has 0 spiro atoms. The molecule has 1 aromatic heterocycles. The van der Waals surface area contributed by atoms with Gasteiger partial charge < -0.3 is 4.74 Å². The molecule has 20 heavy (non-hydrogen) atoms. The summed E-state index contributed by atoms with van der Waals surface area (Å²) in [5, 5.41) is 0.473. The number of hydrogen-bond donors (Lipinski definition) is 2. The molecular formula is C11H8ClF3N4O. The summed E-state index contributed by atoms with van der Waals surface area (Å²) in [7, 11) is 0. The average Bonchev–Trinajstić information content (AvgIpc) is 2.40. The number of hydrogen-bond acceptors (Lipinski definition) is 5. The van der Waals surface area contributed by atoms with Crippen molar-refractivity contribution in [2.75, 3.05) is 5.43 Å². The maximum absolute atomic E-state index is 12.6. The normalized spacial score (nSPS) is 11.2. The van der Waals surface area contributed by atoms with Gasteiger partial charge in [-0.2, -0.15) is 18.2 Å². The van der Waals surface area contributed by atoms with Crippen LogP contribution < -0.4 is 16.0 Å². The van der Waals surface area contributed by atoms with E-state index in [9.17, 15) is 13.2 Å². The highest BCUT2D eigenvalue weighted by molar-refractivity contribution is 6.30. The summed E-state index contributed by atoms with van der Waals surface area (Å²) < 4.78 is 43.1. The summed E-state index contributed by atoms with van der Waals surface area (Å²) in [6, 6.07) is 6.73. The minimum absolute atomic E-state index is 0.282. The number of ether oxygens (including phenoxy) is 1. The smallest absolute Gasteiger partial charge is 0.433 e. The van der Waals surface area contributed by atoms with E-state index in [1.165, 1.54) is 24.3 Å². The van der Waals surface area contributed by atoms with Gasteiger partial charge >= 0.3 is 6.18 Å². The molecular weight excluding hydrogens is 297 g/mol. The number of aromatic nitrogens is 2. The van der Waals surface area contributed by atoms with Crippen LogP contribution in [0.2, 0.25) is 5.02 Å². The first-order valence-electron chi connectivity index (χ1n) is 5.25. The number of anilines is 1. The topological polar surface area (TPSA) is 73.1 Å². The molecule has 2 rings (SSSR count). The van der Waals surface area contributed by atoms with E-state index in [2.05, 4.69) is 9.97 Å². The van der Waals surface area contributed by atoms with E-state index in [0.29, 0.717) is 11.1 Å². The Bertz CT molecular complexity index is 604. The van der Waals surface area contributed by atoms with Gasteiger partial charge in [0.1, 0.15) is 5.75 Å². The Balaban J connectivity index is 2.33. The maximum Gasteiger partial charge on any atom is 0.433 e. The Kier molecular flexibility index (Phi) is 3.96. The molecule has 0 amide bonds. The number of nitrogens with one attached hydrogen (secondary N) is 1. The molecule has 0 atom stereocenters. The molecule has 9 heteroatoms. The van der Waals surface area contributed by atoms with Crippen LogP contribution in [0.15, 0.2) is 30.3 Å². The Morgan fingerprint density at radius 2 is 1.80 bits per heavy atom. The molecule has 1 heterocycles. The summed E-state index contributed by atoms with van der Waals surface area (Å²) in [6.07, 6.45) is -4.63. The number of nitrogens with zero attached hydrogens (tertiary/aromatic N) is 2. The van der Waals surface area contributed by atoms with Gasteiger partial charge in [0.05, 0.1) is 0 Å². The Morgan fingerprint density at radius 3 is 2.35 bits per heavy atom. The average molecular weight is 305 g/mol. The summed E-state index contributed by atoms with van der Waals surface area (Å²) in [5.74, 6) is 4.62. The molecule has 106 valence electrons. The summed E-state index contributed by atoms with van der Waals surface area (Å²) in [4.78, 5) is 6.89. The van der Waals surface area contributed by atoms with Crippen LogP contribution in [-0.4, -0.2) is 9.97 Å². The zero-order chi connectivity index (χ0) is 14.8. The van der Waals surface area contributed by atoms with Crippen LogP contribution in [-0.2, 0) is 6.18 Å². The molecule has 0 fully saturated rings. The lowest BCUT2D eigenvalue weighted by atomic mass is 10.3. The van der Waals surface area contributed by atoms with E-state index in [-0.39, 0.29) is 11.6 Å². The van der Waals surface area contributed by atoms with Crippen molar-refractivity contribution in [3.05, 3.63) is 41.0 Å². The minimum Gasteiger partial charge on any atom is -0.439 e. The quantitative estimate of drug-likeness (QED) is 0.673. The maximum atomic E-state index is 12.6. The lowest BCUT2D eigenvalue weighted by molar-refractivity contribution is -0.141. The fourth-order valence-electron chi connectivity index (χ4n) is 1.31. The third-order valence-electron chi connectivity index (χ3n) is 2.16. The number of rotatable bonds is 3. The lowest BCUT2D eigenvalue weighted by Crippen LogP contribution is -2.15. The van der Waals surface area contributed by atoms with Gasteiger partial charge in [-0.1, -0.05) is 11.6 Å². The number of benzene rings is 1. The van der Waals surface area contributed by atoms with E-state index < -0.39 is 17.8 Å². The van der Waals surface area contributed by atoms with Crippen molar-refractivity contribution < 1.29 is 17.9 Å². The first-order chi connectivity index (χ1) is 9.38. The van der Waals surface area contributed by atoms with Gasteiger partial charge in [-0.15, -0.1) is 0 Å². The van der Waals surface area contributed by atoms with E-state index >= 15 is 0 Å². The molecule has 2 aromatic rings. The second-order valence-corrected chi connectivity index (χ2v) is 4.05. The van der Waals surface area contributed by atoms with Crippen LogP contribution in [0.1, 0.15) is 5.69 Å². The van der Waals surface area contributed by atoms with Crippen molar-refractivity contribution in [3.8, 4) is 11.6 Å². The SMILES string of the molecule is NNc1nc(Oc2ccc(Cl)cc2)cc(C(F)(F)F)n1. The number of hydrazine groups is 1. The highest BCUT2D eigenvalue weighted by Gasteiger charge is 2.34. The summed E-state index contributed by atoms with van der Waals surface area (Å²) >= 11 is 5.69. The van der Waals surface area contributed by atoms with Crippen molar-refractivity contribution >= 4 is 17.5 Å². The molecule has 3 N–H and O–H groups in total. The van der Waals surface area contributed by atoms with Crippen LogP contribution in [0, 0.1) is 0 Å². The Hall–Kier alpha value is -2.06. The van der Waals surface area contributed by atoms with Crippen molar-refractivity contribution in [1.82, 2.24) is 9.97 Å². The molecule has 0 unspecified atom stereocenters. The summed E-state index contributed by atoms with van der Waals surface area (Å²) in [5.41, 5.74) is 0.789. The van der Waals surface area contributed by atoms with Crippen LogP contribution >= 0.6 is 11.6 Å². The number of nitrogens with two attached hydrogens (primary N) is 1. The van der Waals surface area contributed by atoms with E-state index in [1.807, 2.05) is 5.43 Å². The fraction of sp³-hybridized carbons (Fsp3) is 0.0909. The standard InChI is InChI=1S/C11H8ClF3N4O/c12-6-1-3-7(4-2-6)20-9-5-8(11(13,14)15)17-10(18-9)19-16/h1-5H,16H2,(H,17,18,19). The van der Waals surface area contributed by atoms with Crippen LogP contribution in [0.5, 0.6) is 11.6 Å². The van der Waals surface area contributed by atoms with Crippen molar-refractivity contribution in [1.29, 1.82) is 0 Å². The predicted molar refractivity (Wildman–Crippen MR) is 66.4 cm³/mol. The van der Waals surface area contributed by atoms with E-state index in [0.717, 1.165) is 0 Å². The van der Waals surface area contributed by atoms with Crippen LogP contribution in [0.4, 0.5) is 19.1 Å². The molecule has 1 aromatic carbocycles. The van der Waals surface area contributed by atoms with Crippen molar-refractivity contribution in [3.63, 3.8) is 0 Å². The Labute approximate surface area is 116 Å². The molecule has 0 aliphatic heterocycles. The molecule has 0 radical (unpaired) electrons. The molecule has 0 saturated heterocycles. The zero-order valence-electron chi connectivity index (χ0n) is 9.78. The van der Waals surface area contributed by atoms with E-state index in [4.69, 9.17) is 22.2 Å². The predicted octanol–water partition coefficient (Wildman–Crippen LogP) is 3.23. The summed E-state index contributed by atoms with van der Waals surface area (Å²) in [6.45, 7) is 0. The first kappa shape index (κ1) is 14.4. The zero-order valence-corrected chi connectivity index (χ0v) is 10.5. The molecule has 0 bridgehead atoms. The fourth-order valence-corrected chi connectivity index (χ4v) is 1.44. The van der Waals surface area contributed by atoms with Gasteiger partial charge in [-0.25, -0.2) is 10.8 Å². The van der Waals surface area contributed by atoms with Crippen molar-refractivity contribution in [2.24, 2.45) is 5.84 Å². The largest absolute Gasteiger partial charge is 0.439 e. The van der Waals surface area contributed by atoms with Gasteiger partial charge in [-0.05, 0) is 24.3 Å². The van der Waals surface area contributed by atoms with E-state index in [1.54, 1.807) is 0 Å². The number of halogens is 4. The third kappa shape index (κ3) is 3.49. The molecule has 0 aliphatic rings. The molecule has 0 aliphatic carbocycles. The molecule has 0 saturated carbocycles. The third-order valence-corrected chi connectivity index (χ3v) is 2.41. The highest BCUT2D eigenvalue weighted by atomic mass is 35.5. The van der Waals surface area contributed by atoms with Gasteiger partial charge in [0, 0.05) is 11.1 Å². The number of nitrogen functional groups attached to an aromatic ring is 1. The lowest BCUT2D eigenvalue weighted by Gasteiger charge is -2.10. The monoisotopic (exact) mass is 304 g/mol. The minimum atomic E-state index is -4.63. The molecule has 5 nitrogen and oxygen atoms in total. The van der Waals surface area contributed by atoms with Gasteiger partial charge in [0.2, 0.25) is 11.8 Å². The number of alkyl halides is 3. The second-order valence-electron chi connectivity index (χ2n) is 3.61. The van der Waals surface area contributed by atoms with Crippen LogP contribution in [0.3, 0.4) is 0 Å². The van der Waals surface area contributed by atoms with Gasteiger partial charge in [0.15, 0.2) is 5.69 Å². The first-order valence-corrected chi connectivity index (χ1v) is 5.62. The van der Waals surface area contributed by atoms with Gasteiger partial charge in [0.25, 0.3) is 0 Å². The Morgan fingerprint density at radius 1 is 1.15 bits per heavy atom. The van der Waals surface area contributed by atoms with Crippen LogP contribution in [0.25, 0.3) is 0 Å². The van der Waals surface area contributed by atoms with Gasteiger partial charge in [-0.3, -0.25) is 5.43 Å². The highest BCUT2D eigenvalue weighted by Crippen LogP contribution is 2.31. The second kappa shape index (κ2) is 5.51.